The average molecular weight is 324 g/mol. The number of rotatable bonds is 4. The molecule has 0 saturated heterocycles. The van der Waals surface area contributed by atoms with Crippen LogP contribution in [0.1, 0.15) is 11.1 Å². The molecule has 0 bridgehead atoms. The van der Waals surface area contributed by atoms with Gasteiger partial charge < -0.3 is 0 Å². The van der Waals surface area contributed by atoms with Crippen molar-refractivity contribution in [3.05, 3.63) is 63.5 Å². The fraction of sp³-hybridized carbons (Fsp3) is 0.143. The fourth-order valence-corrected chi connectivity index (χ4v) is 3.43. The van der Waals surface area contributed by atoms with Crippen LogP contribution in [0.3, 0.4) is 0 Å². The van der Waals surface area contributed by atoms with Gasteiger partial charge in [-0.15, -0.1) is 0 Å². The number of hydrogen-bond acceptors (Lipinski definition) is 4. The lowest BCUT2D eigenvalue weighted by molar-refractivity contribution is -0.385. The molecule has 0 aliphatic carbocycles. The second kappa shape index (κ2) is 5.72. The lowest BCUT2D eigenvalue weighted by Crippen LogP contribution is -2.15. The van der Waals surface area contributed by atoms with E-state index in [9.17, 15) is 22.9 Å². The number of benzene rings is 2. The third kappa shape index (κ3) is 3.06. The molecular weight excluding hydrogens is 311 g/mol. The molecule has 0 spiro atoms. The van der Waals surface area contributed by atoms with E-state index in [1.54, 1.807) is 6.92 Å². The standard InChI is InChI=1S/C14H13FN2O4S/c1-9-8-11(15)6-7-12(9)16-22(20,21)14-5-3-4-13(10(14)2)17(18)19/h3-8,16H,1-2H3. The zero-order valence-corrected chi connectivity index (χ0v) is 12.6. The molecule has 22 heavy (non-hydrogen) atoms. The summed E-state index contributed by atoms with van der Waals surface area (Å²) in [6, 6.07) is 7.44. The van der Waals surface area contributed by atoms with Crippen molar-refractivity contribution in [2.75, 3.05) is 4.72 Å². The number of nitrogens with zero attached hydrogens (tertiary/aromatic N) is 1. The van der Waals surface area contributed by atoms with Gasteiger partial charge in [0.15, 0.2) is 0 Å². The predicted molar refractivity (Wildman–Crippen MR) is 79.8 cm³/mol. The summed E-state index contributed by atoms with van der Waals surface area (Å²) >= 11 is 0. The molecule has 0 aliphatic rings. The Morgan fingerprint density at radius 2 is 1.86 bits per heavy atom. The topological polar surface area (TPSA) is 89.3 Å². The molecule has 0 aromatic heterocycles. The van der Waals surface area contributed by atoms with E-state index in [0.717, 1.165) is 6.07 Å². The van der Waals surface area contributed by atoms with Gasteiger partial charge in [-0.2, -0.15) is 0 Å². The minimum atomic E-state index is -4.01. The first-order valence-corrected chi connectivity index (χ1v) is 7.73. The van der Waals surface area contributed by atoms with Gasteiger partial charge in [-0.3, -0.25) is 14.8 Å². The van der Waals surface area contributed by atoms with E-state index in [4.69, 9.17) is 0 Å². The van der Waals surface area contributed by atoms with E-state index in [1.165, 1.54) is 37.3 Å². The molecule has 2 rings (SSSR count). The van der Waals surface area contributed by atoms with Crippen molar-refractivity contribution in [3.63, 3.8) is 0 Å². The van der Waals surface area contributed by atoms with E-state index in [2.05, 4.69) is 4.72 Å². The maximum absolute atomic E-state index is 13.1. The van der Waals surface area contributed by atoms with Crippen LogP contribution in [0.15, 0.2) is 41.3 Å². The van der Waals surface area contributed by atoms with Crippen molar-refractivity contribution < 1.29 is 17.7 Å². The summed E-state index contributed by atoms with van der Waals surface area (Å²) in [7, 11) is -4.01. The quantitative estimate of drug-likeness (QED) is 0.691. The van der Waals surface area contributed by atoms with E-state index in [1.807, 2.05) is 0 Å². The number of nitro groups is 1. The van der Waals surface area contributed by atoms with Crippen LogP contribution in [0.5, 0.6) is 0 Å². The lowest BCUT2D eigenvalue weighted by Gasteiger charge is -2.12. The number of anilines is 1. The summed E-state index contributed by atoms with van der Waals surface area (Å²) in [5, 5.41) is 10.9. The lowest BCUT2D eigenvalue weighted by atomic mass is 10.2. The first-order valence-electron chi connectivity index (χ1n) is 6.25. The molecule has 0 atom stereocenters. The number of nitrogens with one attached hydrogen (secondary N) is 1. The van der Waals surface area contributed by atoms with Gasteiger partial charge in [0.25, 0.3) is 15.7 Å². The largest absolute Gasteiger partial charge is 0.279 e. The molecule has 2 aromatic carbocycles. The highest BCUT2D eigenvalue weighted by Gasteiger charge is 2.23. The minimum Gasteiger partial charge on any atom is -0.279 e. The molecule has 0 saturated carbocycles. The molecule has 2 aromatic rings. The third-order valence-corrected chi connectivity index (χ3v) is 4.68. The predicted octanol–water partition coefficient (Wildman–Crippen LogP) is 3.15. The Morgan fingerprint density at radius 1 is 1.18 bits per heavy atom. The van der Waals surface area contributed by atoms with Crippen LogP contribution in [0, 0.1) is 29.8 Å². The highest BCUT2D eigenvalue weighted by Crippen LogP contribution is 2.27. The summed E-state index contributed by atoms with van der Waals surface area (Å²) in [4.78, 5) is 10.1. The van der Waals surface area contributed by atoms with Gasteiger partial charge in [0.2, 0.25) is 0 Å². The second-order valence-electron chi connectivity index (χ2n) is 4.72. The van der Waals surface area contributed by atoms with Gasteiger partial charge in [-0.25, -0.2) is 12.8 Å². The van der Waals surface area contributed by atoms with Crippen LogP contribution >= 0.6 is 0 Å². The van der Waals surface area contributed by atoms with Gasteiger partial charge in [0, 0.05) is 11.6 Å². The Bertz CT molecular complexity index is 850. The average Bonchev–Trinajstić information content (AvgIpc) is 2.41. The van der Waals surface area contributed by atoms with Gasteiger partial charge in [0.05, 0.1) is 15.5 Å². The van der Waals surface area contributed by atoms with Crippen molar-refractivity contribution in [1.29, 1.82) is 0 Å². The van der Waals surface area contributed by atoms with Crippen LogP contribution < -0.4 is 4.72 Å². The molecule has 0 amide bonds. The number of aryl methyl sites for hydroxylation is 1. The molecule has 0 unspecified atom stereocenters. The van der Waals surface area contributed by atoms with Crippen LogP contribution in [0.2, 0.25) is 0 Å². The minimum absolute atomic E-state index is 0.0414. The molecule has 0 radical (unpaired) electrons. The van der Waals surface area contributed by atoms with Crippen LogP contribution in [-0.2, 0) is 10.0 Å². The molecule has 116 valence electrons. The highest BCUT2D eigenvalue weighted by atomic mass is 32.2. The number of sulfonamides is 1. The van der Waals surface area contributed by atoms with Crippen molar-refractivity contribution >= 4 is 21.4 Å². The second-order valence-corrected chi connectivity index (χ2v) is 6.37. The molecular formula is C14H13FN2O4S. The van der Waals surface area contributed by atoms with E-state index in [0.29, 0.717) is 5.56 Å². The Kier molecular flexibility index (Phi) is 4.14. The number of halogens is 1. The zero-order chi connectivity index (χ0) is 16.5. The van der Waals surface area contributed by atoms with Crippen molar-refractivity contribution in [2.45, 2.75) is 18.7 Å². The Morgan fingerprint density at radius 3 is 2.45 bits per heavy atom. The molecule has 0 heterocycles. The Balaban J connectivity index is 2.47. The molecule has 0 aliphatic heterocycles. The monoisotopic (exact) mass is 324 g/mol. The number of nitro benzene ring substituents is 1. The summed E-state index contributed by atoms with van der Waals surface area (Å²) < 4.78 is 40.2. The molecule has 0 fully saturated rings. The third-order valence-electron chi connectivity index (χ3n) is 3.17. The van der Waals surface area contributed by atoms with E-state index in [-0.39, 0.29) is 21.8 Å². The molecule has 6 nitrogen and oxygen atoms in total. The van der Waals surface area contributed by atoms with Crippen LogP contribution in [-0.4, -0.2) is 13.3 Å². The first-order chi connectivity index (χ1) is 10.2. The smallest absolute Gasteiger partial charge is 0.273 e. The summed E-state index contributed by atoms with van der Waals surface area (Å²) in [6.45, 7) is 2.92. The maximum atomic E-state index is 13.1. The SMILES string of the molecule is Cc1cc(F)ccc1NS(=O)(=O)c1cccc([N+](=O)[O-])c1C. The molecule has 1 N–H and O–H groups in total. The first kappa shape index (κ1) is 15.9. The Labute approximate surface area is 126 Å². The van der Waals surface area contributed by atoms with Crippen molar-refractivity contribution in [3.8, 4) is 0 Å². The maximum Gasteiger partial charge on any atom is 0.273 e. The van der Waals surface area contributed by atoms with Gasteiger partial charge >= 0.3 is 0 Å². The van der Waals surface area contributed by atoms with Crippen LogP contribution in [0.25, 0.3) is 0 Å². The highest BCUT2D eigenvalue weighted by molar-refractivity contribution is 7.92. The summed E-state index contributed by atoms with van der Waals surface area (Å²) in [5.41, 5.74) is 0.387. The fourth-order valence-electron chi connectivity index (χ4n) is 2.03. The van der Waals surface area contributed by atoms with Gasteiger partial charge in [-0.05, 0) is 43.7 Å². The van der Waals surface area contributed by atoms with Crippen LogP contribution in [0.4, 0.5) is 15.8 Å². The summed E-state index contributed by atoms with van der Waals surface area (Å²) in [5.74, 6) is -0.480. The number of hydrogen-bond donors (Lipinski definition) is 1. The van der Waals surface area contributed by atoms with E-state index >= 15 is 0 Å². The Hall–Kier alpha value is -2.48. The molecule has 8 heteroatoms. The van der Waals surface area contributed by atoms with Gasteiger partial charge in [0.1, 0.15) is 5.82 Å². The van der Waals surface area contributed by atoms with Gasteiger partial charge in [-0.1, -0.05) is 6.07 Å². The zero-order valence-electron chi connectivity index (χ0n) is 11.8. The van der Waals surface area contributed by atoms with Crippen molar-refractivity contribution in [1.82, 2.24) is 0 Å². The van der Waals surface area contributed by atoms with Crippen molar-refractivity contribution in [2.24, 2.45) is 0 Å². The van der Waals surface area contributed by atoms with E-state index < -0.39 is 20.8 Å². The normalized spacial score (nSPS) is 11.2. The summed E-state index contributed by atoms with van der Waals surface area (Å²) in [6.07, 6.45) is 0.